The van der Waals surface area contributed by atoms with Gasteiger partial charge in [-0.15, -0.1) is 0 Å². The first-order chi connectivity index (χ1) is 19.7. The van der Waals surface area contributed by atoms with Crippen molar-refractivity contribution in [1.82, 2.24) is 10.3 Å². The lowest BCUT2D eigenvalue weighted by Gasteiger charge is -2.23. The molecule has 0 saturated carbocycles. The van der Waals surface area contributed by atoms with Gasteiger partial charge in [-0.1, -0.05) is 55.8 Å². The highest BCUT2D eigenvalue weighted by molar-refractivity contribution is 14.1. The molecule has 8 bridgehead atoms. The zero-order chi connectivity index (χ0) is 28.3. The number of allylic oxidation sites excluding steroid dienone is 5. The molecule has 0 radical (unpaired) electrons. The molecule has 2 aromatic carbocycles. The molecule has 2 unspecified atom stereocenters. The molecule has 2 atom stereocenters. The Morgan fingerprint density at radius 3 is 2.32 bits per heavy atom. The Kier molecular flexibility index (Phi) is 6.90. The lowest BCUT2D eigenvalue weighted by Crippen LogP contribution is -2.33. The fraction of sp³-hybridized carbons (Fsp3) is 0.200. The van der Waals surface area contributed by atoms with E-state index in [0.29, 0.717) is 0 Å². The molecule has 0 spiro atoms. The zero-order valence-electron chi connectivity index (χ0n) is 23.2. The number of fused-ring (bicyclic) bond motifs is 6. The summed E-state index contributed by atoms with van der Waals surface area (Å²) in [5.41, 5.74) is 9.60. The first-order valence-corrected chi connectivity index (χ1v) is 16.1. The maximum Gasteiger partial charge on any atom is 0.0748 e. The second-order valence-corrected chi connectivity index (χ2v) is 14.2. The largest absolute Gasteiger partial charge is 0.355 e. The number of halogens is 2. The number of hydrogen-bond acceptors (Lipinski definition) is 3. The van der Waals surface area contributed by atoms with Gasteiger partial charge in [0.15, 0.2) is 0 Å². The number of nitrogens with zero attached hydrogens (tertiary/aromatic N) is 2. The quantitative estimate of drug-likeness (QED) is 0.279. The van der Waals surface area contributed by atoms with Crippen molar-refractivity contribution in [3.05, 3.63) is 131 Å². The summed E-state index contributed by atoms with van der Waals surface area (Å²) >= 11 is 4.80. The maximum atomic E-state index is 5.29. The summed E-state index contributed by atoms with van der Waals surface area (Å²) in [6.07, 6.45) is 12.2. The average Bonchev–Trinajstić information content (AvgIpc) is 3.71. The van der Waals surface area contributed by atoms with E-state index in [4.69, 9.17) is 9.98 Å². The Morgan fingerprint density at radius 1 is 0.805 bits per heavy atom. The summed E-state index contributed by atoms with van der Waals surface area (Å²) in [5, 5.41) is 6.07. The average molecular weight is 760 g/mol. The van der Waals surface area contributed by atoms with E-state index in [1.165, 1.54) is 9.13 Å². The van der Waals surface area contributed by atoms with E-state index in [2.05, 4.69) is 167 Å². The number of aliphatic imine (C=N–C) groups is 2. The Balaban J connectivity index is 1.52. The van der Waals surface area contributed by atoms with E-state index in [1.807, 2.05) is 0 Å². The summed E-state index contributed by atoms with van der Waals surface area (Å²) in [4.78, 5) is 14.2. The first kappa shape index (κ1) is 27.0. The normalized spacial score (nSPS) is 22.8. The lowest BCUT2D eigenvalue weighted by molar-refractivity contribution is 0.355. The number of rotatable bonds is 2. The van der Waals surface area contributed by atoms with E-state index < -0.39 is 0 Å². The van der Waals surface area contributed by atoms with Crippen molar-refractivity contribution < 1.29 is 0 Å². The van der Waals surface area contributed by atoms with Crippen molar-refractivity contribution in [3.63, 3.8) is 0 Å². The number of aromatic amines is 1. The third-order valence-corrected chi connectivity index (χ3v) is 9.88. The third kappa shape index (κ3) is 5.19. The van der Waals surface area contributed by atoms with Crippen LogP contribution in [0.3, 0.4) is 0 Å². The highest BCUT2D eigenvalue weighted by Crippen LogP contribution is 2.39. The molecular weight excluding hydrogens is 730 g/mol. The molecule has 2 N–H and O–H groups in total. The molecule has 1 saturated heterocycles. The van der Waals surface area contributed by atoms with Gasteiger partial charge in [0.1, 0.15) is 0 Å². The summed E-state index contributed by atoms with van der Waals surface area (Å²) < 4.78 is 2.36. The molecule has 0 amide bonds. The van der Waals surface area contributed by atoms with Crippen LogP contribution in [-0.2, 0) is 0 Å². The van der Waals surface area contributed by atoms with Crippen molar-refractivity contribution in [1.29, 1.82) is 0 Å². The molecule has 4 nitrogen and oxygen atoms in total. The zero-order valence-corrected chi connectivity index (χ0v) is 27.5. The Hall–Kier alpha value is -2.82. The Morgan fingerprint density at radius 2 is 1.54 bits per heavy atom. The van der Waals surface area contributed by atoms with Gasteiger partial charge in [-0.2, -0.15) is 0 Å². The van der Waals surface area contributed by atoms with Gasteiger partial charge in [-0.3, -0.25) is 0 Å². The van der Waals surface area contributed by atoms with Crippen LogP contribution in [0.4, 0.5) is 0 Å². The van der Waals surface area contributed by atoms with Crippen LogP contribution in [0, 0.1) is 15.9 Å². The SMILES string of the molecule is Cc1ccc(C2=C3C=CC(=N3)C(c3ccc(I)cc3)=c3ccc([nH]3)=CC3CC(C)(C)C(C=C4N=C2C=C4I)N3)cc1. The molecular formula is C35H30I2N4. The van der Waals surface area contributed by atoms with Crippen LogP contribution in [0.5, 0.6) is 0 Å². The fourth-order valence-corrected chi connectivity index (χ4v) is 7.07. The van der Waals surface area contributed by atoms with Crippen molar-refractivity contribution in [2.24, 2.45) is 15.4 Å². The smallest absolute Gasteiger partial charge is 0.0748 e. The number of H-pyrrole nitrogens is 1. The topological polar surface area (TPSA) is 52.5 Å². The minimum Gasteiger partial charge on any atom is -0.355 e. The summed E-state index contributed by atoms with van der Waals surface area (Å²) in [5.74, 6) is 0. The van der Waals surface area contributed by atoms with Gasteiger partial charge in [0.05, 0.1) is 22.8 Å². The van der Waals surface area contributed by atoms with Crippen molar-refractivity contribution >= 4 is 73.8 Å². The van der Waals surface area contributed by atoms with Crippen LogP contribution in [0.2, 0.25) is 0 Å². The summed E-state index contributed by atoms with van der Waals surface area (Å²) in [6, 6.07) is 22.2. The first-order valence-electron chi connectivity index (χ1n) is 13.9. The fourth-order valence-electron chi connectivity index (χ4n) is 6.12. The molecule has 204 valence electrons. The number of benzene rings is 2. The third-order valence-electron chi connectivity index (χ3n) is 8.30. The van der Waals surface area contributed by atoms with Crippen molar-refractivity contribution in [3.8, 4) is 0 Å². The maximum absolute atomic E-state index is 5.29. The van der Waals surface area contributed by atoms with Crippen LogP contribution >= 0.6 is 45.2 Å². The van der Waals surface area contributed by atoms with Crippen LogP contribution in [-0.4, -0.2) is 28.5 Å². The molecule has 1 fully saturated rings. The summed E-state index contributed by atoms with van der Waals surface area (Å²) in [7, 11) is 0. The van der Waals surface area contributed by atoms with Gasteiger partial charge in [0, 0.05) is 41.1 Å². The molecule has 3 aromatic rings. The molecule has 0 aliphatic carbocycles. The van der Waals surface area contributed by atoms with E-state index in [1.54, 1.807) is 0 Å². The van der Waals surface area contributed by atoms with Crippen LogP contribution < -0.4 is 16.0 Å². The number of aromatic nitrogens is 1. The van der Waals surface area contributed by atoms with Crippen LogP contribution in [0.1, 0.15) is 37.0 Å². The lowest BCUT2D eigenvalue weighted by atomic mass is 9.83. The Bertz CT molecular complexity index is 1880. The highest BCUT2D eigenvalue weighted by atomic mass is 127. The number of hydrogen-bond donors (Lipinski definition) is 2. The van der Waals surface area contributed by atoms with Gasteiger partial charge in [-0.05, 0) is 130 Å². The van der Waals surface area contributed by atoms with Gasteiger partial charge in [0.25, 0.3) is 0 Å². The number of aryl methyl sites for hydroxylation is 1. The molecule has 4 aliphatic heterocycles. The Labute approximate surface area is 267 Å². The highest BCUT2D eigenvalue weighted by Gasteiger charge is 2.38. The monoisotopic (exact) mass is 760 g/mol. The van der Waals surface area contributed by atoms with Crippen LogP contribution in [0.25, 0.3) is 17.2 Å². The molecule has 6 heteroatoms. The van der Waals surface area contributed by atoms with E-state index in [0.717, 1.165) is 65.8 Å². The minimum absolute atomic E-state index is 0.0937. The molecule has 7 rings (SSSR count). The molecule has 4 aliphatic rings. The summed E-state index contributed by atoms with van der Waals surface area (Å²) in [6.45, 7) is 6.82. The van der Waals surface area contributed by atoms with E-state index >= 15 is 0 Å². The second-order valence-electron chi connectivity index (χ2n) is 11.8. The number of nitrogens with one attached hydrogen (secondary N) is 2. The van der Waals surface area contributed by atoms with Gasteiger partial charge in [0.2, 0.25) is 0 Å². The molecule has 5 heterocycles. The second kappa shape index (κ2) is 10.5. The predicted molar refractivity (Wildman–Crippen MR) is 188 cm³/mol. The van der Waals surface area contributed by atoms with Crippen LogP contribution in [0.15, 0.2) is 110 Å². The van der Waals surface area contributed by atoms with Crippen molar-refractivity contribution in [2.75, 3.05) is 0 Å². The van der Waals surface area contributed by atoms with Gasteiger partial charge >= 0.3 is 0 Å². The van der Waals surface area contributed by atoms with Gasteiger partial charge < -0.3 is 10.3 Å². The van der Waals surface area contributed by atoms with E-state index in [9.17, 15) is 0 Å². The van der Waals surface area contributed by atoms with E-state index in [-0.39, 0.29) is 17.5 Å². The van der Waals surface area contributed by atoms with Crippen molar-refractivity contribution in [2.45, 2.75) is 39.3 Å². The molecule has 41 heavy (non-hydrogen) atoms. The van der Waals surface area contributed by atoms with Gasteiger partial charge in [-0.25, -0.2) is 9.98 Å². The molecule has 1 aromatic heterocycles. The standard InChI is InChI=1S/C35H30I2N4/c1-20-4-6-21(7-5-20)34-29-15-14-28(40-29)33(22-8-10-23(36)11-9-22)27-13-12-24(38-27)16-25-19-35(2,3)32(39-25)18-30-26(37)17-31(34)41-30/h4-18,25,32,38-39H,19H2,1-3H3. The predicted octanol–water partition coefficient (Wildman–Crippen LogP) is 6.76. The minimum atomic E-state index is 0.0937.